The summed E-state index contributed by atoms with van der Waals surface area (Å²) in [6.07, 6.45) is 1.67. The molecule has 2 rings (SSSR count). The molecule has 4 nitrogen and oxygen atoms in total. The summed E-state index contributed by atoms with van der Waals surface area (Å²) in [5.41, 5.74) is 0.760. The van der Waals surface area contributed by atoms with E-state index >= 15 is 0 Å². The number of rotatable bonds is 5. The third-order valence-corrected chi connectivity index (χ3v) is 3.17. The Labute approximate surface area is 110 Å². The fraction of sp³-hybridized carbons (Fsp3) is 0.385. The number of nitrogens with one attached hydrogen (secondary N) is 1. The molecule has 0 aromatic heterocycles. The molecule has 2 N–H and O–H groups in total. The van der Waals surface area contributed by atoms with Gasteiger partial charge in [-0.05, 0) is 30.5 Å². The molecule has 0 saturated heterocycles. The van der Waals surface area contributed by atoms with Gasteiger partial charge in [0.1, 0.15) is 0 Å². The topological polar surface area (TPSA) is 66.4 Å². The van der Waals surface area contributed by atoms with Gasteiger partial charge in [0.2, 0.25) is 5.91 Å². The molecule has 0 bridgehead atoms. The first-order valence-corrected chi connectivity index (χ1v) is 6.21. The van der Waals surface area contributed by atoms with Crippen molar-refractivity contribution in [3.8, 4) is 0 Å². The minimum absolute atomic E-state index is 0.0591. The van der Waals surface area contributed by atoms with Crippen molar-refractivity contribution in [1.82, 2.24) is 5.32 Å². The molecule has 1 amide bonds. The molecule has 1 aliphatic carbocycles. The Bertz CT molecular complexity index is 454. The molecule has 1 atom stereocenters. The van der Waals surface area contributed by atoms with E-state index < -0.39 is 12.0 Å². The predicted molar refractivity (Wildman–Crippen MR) is 67.3 cm³/mol. The maximum absolute atomic E-state index is 11.7. The molecule has 0 radical (unpaired) electrons. The van der Waals surface area contributed by atoms with E-state index in [0.29, 0.717) is 5.02 Å². The number of carbonyl (C=O) groups excluding carboxylic acids is 1. The van der Waals surface area contributed by atoms with Gasteiger partial charge in [0.15, 0.2) is 0 Å². The van der Waals surface area contributed by atoms with Crippen LogP contribution in [0.4, 0.5) is 0 Å². The van der Waals surface area contributed by atoms with E-state index in [2.05, 4.69) is 5.32 Å². The van der Waals surface area contributed by atoms with Gasteiger partial charge in [0.25, 0.3) is 0 Å². The monoisotopic (exact) mass is 267 g/mol. The van der Waals surface area contributed by atoms with Crippen LogP contribution in [0.15, 0.2) is 24.3 Å². The SMILES string of the molecule is O=C(O)CC(NC(=O)C1CC1)c1ccc(Cl)cc1. The van der Waals surface area contributed by atoms with Crippen molar-refractivity contribution in [1.29, 1.82) is 0 Å². The maximum Gasteiger partial charge on any atom is 0.305 e. The highest BCUT2D eigenvalue weighted by Gasteiger charge is 2.31. The van der Waals surface area contributed by atoms with Gasteiger partial charge in [0, 0.05) is 10.9 Å². The highest BCUT2D eigenvalue weighted by Crippen LogP contribution is 2.30. The minimum atomic E-state index is -0.939. The van der Waals surface area contributed by atoms with Crippen molar-refractivity contribution in [2.75, 3.05) is 0 Å². The molecular weight excluding hydrogens is 254 g/mol. The summed E-state index contributed by atoms with van der Waals surface area (Å²) in [5.74, 6) is -0.934. The highest BCUT2D eigenvalue weighted by molar-refractivity contribution is 6.30. The second kappa shape index (κ2) is 5.40. The van der Waals surface area contributed by atoms with E-state index in [0.717, 1.165) is 18.4 Å². The molecule has 1 aromatic rings. The van der Waals surface area contributed by atoms with Gasteiger partial charge >= 0.3 is 5.97 Å². The fourth-order valence-electron chi connectivity index (χ4n) is 1.76. The van der Waals surface area contributed by atoms with Gasteiger partial charge in [-0.1, -0.05) is 23.7 Å². The van der Waals surface area contributed by atoms with Crippen LogP contribution in [0.3, 0.4) is 0 Å². The average Bonchev–Trinajstić information content (AvgIpc) is 3.12. The minimum Gasteiger partial charge on any atom is -0.481 e. The Balaban J connectivity index is 2.10. The van der Waals surface area contributed by atoms with Gasteiger partial charge in [-0.3, -0.25) is 9.59 Å². The Kier molecular flexibility index (Phi) is 3.87. The first kappa shape index (κ1) is 12.9. The van der Waals surface area contributed by atoms with Crippen LogP contribution in [0.2, 0.25) is 5.02 Å². The van der Waals surface area contributed by atoms with E-state index in [-0.39, 0.29) is 18.2 Å². The molecule has 0 heterocycles. The molecule has 0 aliphatic heterocycles. The quantitative estimate of drug-likeness (QED) is 0.861. The Morgan fingerprint density at radius 1 is 1.33 bits per heavy atom. The molecule has 5 heteroatoms. The molecule has 0 spiro atoms. The lowest BCUT2D eigenvalue weighted by Crippen LogP contribution is -2.31. The fourth-order valence-corrected chi connectivity index (χ4v) is 1.88. The summed E-state index contributed by atoms with van der Waals surface area (Å²) in [6.45, 7) is 0. The summed E-state index contributed by atoms with van der Waals surface area (Å²) >= 11 is 5.78. The van der Waals surface area contributed by atoms with Crippen molar-refractivity contribution in [2.24, 2.45) is 5.92 Å². The first-order chi connectivity index (χ1) is 8.56. The summed E-state index contributed by atoms with van der Waals surface area (Å²) < 4.78 is 0. The van der Waals surface area contributed by atoms with Crippen LogP contribution in [-0.2, 0) is 9.59 Å². The zero-order valence-corrected chi connectivity index (χ0v) is 10.5. The number of aliphatic carboxylic acids is 1. The zero-order valence-electron chi connectivity index (χ0n) is 9.73. The lowest BCUT2D eigenvalue weighted by atomic mass is 10.0. The standard InChI is InChI=1S/C13H14ClNO3/c14-10-5-3-8(4-6-10)11(7-12(16)17)15-13(18)9-1-2-9/h3-6,9,11H,1-2,7H2,(H,15,18)(H,16,17). The normalized spacial score (nSPS) is 16.1. The summed E-state index contributed by atoms with van der Waals surface area (Å²) in [6, 6.07) is 6.36. The van der Waals surface area contributed by atoms with Gasteiger partial charge in [-0.25, -0.2) is 0 Å². The van der Waals surface area contributed by atoms with Gasteiger partial charge in [-0.2, -0.15) is 0 Å². The molecule has 1 unspecified atom stereocenters. The van der Waals surface area contributed by atoms with Gasteiger partial charge in [-0.15, -0.1) is 0 Å². The van der Waals surface area contributed by atoms with Crippen molar-refractivity contribution in [3.05, 3.63) is 34.9 Å². The van der Waals surface area contributed by atoms with Gasteiger partial charge in [0.05, 0.1) is 12.5 Å². The van der Waals surface area contributed by atoms with E-state index in [4.69, 9.17) is 16.7 Å². The van der Waals surface area contributed by atoms with Crippen molar-refractivity contribution < 1.29 is 14.7 Å². The summed E-state index contributed by atoms with van der Waals surface area (Å²) in [5, 5.41) is 12.3. The number of carboxylic acid groups (broad SMARTS) is 1. The van der Waals surface area contributed by atoms with Crippen LogP contribution in [-0.4, -0.2) is 17.0 Å². The Morgan fingerprint density at radius 3 is 2.44 bits per heavy atom. The van der Waals surface area contributed by atoms with E-state index in [1.54, 1.807) is 24.3 Å². The van der Waals surface area contributed by atoms with E-state index in [1.165, 1.54) is 0 Å². The summed E-state index contributed by atoms with van der Waals surface area (Å²) in [7, 11) is 0. The maximum atomic E-state index is 11.7. The van der Waals surface area contributed by atoms with Crippen LogP contribution in [0.25, 0.3) is 0 Å². The van der Waals surface area contributed by atoms with Crippen LogP contribution >= 0.6 is 11.6 Å². The number of benzene rings is 1. The van der Waals surface area contributed by atoms with E-state index in [1.807, 2.05) is 0 Å². The second-order valence-electron chi connectivity index (χ2n) is 4.48. The molecule has 1 saturated carbocycles. The number of carboxylic acids is 1. The molecular formula is C13H14ClNO3. The van der Waals surface area contributed by atoms with Crippen LogP contribution in [0, 0.1) is 5.92 Å². The Hall–Kier alpha value is -1.55. The zero-order chi connectivity index (χ0) is 13.1. The predicted octanol–water partition coefficient (Wildman–Crippen LogP) is 2.38. The number of hydrogen-bond acceptors (Lipinski definition) is 2. The number of amides is 1. The van der Waals surface area contributed by atoms with Crippen LogP contribution < -0.4 is 5.32 Å². The summed E-state index contributed by atoms with van der Waals surface area (Å²) in [4.78, 5) is 22.5. The van der Waals surface area contributed by atoms with Crippen molar-refractivity contribution in [3.63, 3.8) is 0 Å². The second-order valence-corrected chi connectivity index (χ2v) is 4.92. The lowest BCUT2D eigenvalue weighted by Gasteiger charge is -2.17. The number of carbonyl (C=O) groups is 2. The van der Waals surface area contributed by atoms with Crippen LogP contribution in [0.5, 0.6) is 0 Å². The molecule has 1 aromatic carbocycles. The smallest absolute Gasteiger partial charge is 0.305 e. The molecule has 18 heavy (non-hydrogen) atoms. The third-order valence-electron chi connectivity index (χ3n) is 2.92. The number of halogens is 1. The first-order valence-electron chi connectivity index (χ1n) is 5.84. The lowest BCUT2D eigenvalue weighted by molar-refractivity contribution is -0.137. The largest absolute Gasteiger partial charge is 0.481 e. The van der Waals surface area contributed by atoms with Crippen LogP contribution in [0.1, 0.15) is 30.9 Å². The van der Waals surface area contributed by atoms with Crippen molar-refractivity contribution in [2.45, 2.75) is 25.3 Å². The van der Waals surface area contributed by atoms with E-state index in [9.17, 15) is 9.59 Å². The van der Waals surface area contributed by atoms with Crippen molar-refractivity contribution >= 4 is 23.5 Å². The number of hydrogen-bond donors (Lipinski definition) is 2. The average molecular weight is 268 g/mol. The third kappa shape index (κ3) is 3.47. The highest BCUT2D eigenvalue weighted by atomic mass is 35.5. The Morgan fingerprint density at radius 2 is 1.94 bits per heavy atom. The molecule has 1 fully saturated rings. The molecule has 96 valence electrons. The molecule has 1 aliphatic rings. The van der Waals surface area contributed by atoms with Gasteiger partial charge < -0.3 is 10.4 Å².